The number of nitrogens with zero attached hydrogens (tertiary/aromatic N) is 1. The van der Waals surface area contributed by atoms with Crippen molar-refractivity contribution in [1.82, 2.24) is 0 Å². The summed E-state index contributed by atoms with van der Waals surface area (Å²) >= 11 is 0. The number of likely N-dealkylation sites (N-methyl/N-ethyl adjacent to an activating group) is 1. The van der Waals surface area contributed by atoms with Crippen LogP contribution in [0.4, 0.5) is 5.69 Å². The highest BCUT2D eigenvalue weighted by Crippen LogP contribution is 2.23. The highest BCUT2D eigenvalue weighted by atomic mass is 16.5. The van der Waals surface area contributed by atoms with Gasteiger partial charge in [0.2, 0.25) is 0 Å². The third-order valence-electron chi connectivity index (χ3n) is 2.46. The average Bonchev–Trinajstić information content (AvgIpc) is 2.20. The number of nitrogens with two attached hydrogens (primary N) is 1. The van der Waals surface area contributed by atoms with Crippen molar-refractivity contribution in [3.63, 3.8) is 0 Å². The van der Waals surface area contributed by atoms with Crippen LogP contribution in [0.1, 0.15) is 19.4 Å². The smallest absolute Gasteiger partial charge is 0.122 e. The Hall–Kier alpha value is -1.22. The number of anilines is 1. The fourth-order valence-corrected chi connectivity index (χ4v) is 1.73. The van der Waals surface area contributed by atoms with Gasteiger partial charge in [-0.15, -0.1) is 0 Å². The van der Waals surface area contributed by atoms with E-state index in [1.165, 1.54) is 5.69 Å². The number of benzene rings is 1. The molecule has 0 spiro atoms. The molecule has 0 heterocycles. The van der Waals surface area contributed by atoms with E-state index < -0.39 is 0 Å². The SMILES string of the molecule is CCOc1ccc(N(C)CC(C)N)cc1C. The van der Waals surface area contributed by atoms with Crippen molar-refractivity contribution in [2.45, 2.75) is 26.8 Å². The minimum absolute atomic E-state index is 0.178. The summed E-state index contributed by atoms with van der Waals surface area (Å²) in [5.41, 5.74) is 8.12. The minimum Gasteiger partial charge on any atom is -0.494 e. The molecule has 90 valence electrons. The number of rotatable bonds is 5. The zero-order valence-electron chi connectivity index (χ0n) is 10.7. The molecule has 0 aliphatic rings. The second kappa shape index (κ2) is 5.75. The molecule has 3 nitrogen and oxygen atoms in total. The molecule has 1 rings (SSSR count). The van der Waals surface area contributed by atoms with Crippen LogP contribution in [0.25, 0.3) is 0 Å². The summed E-state index contributed by atoms with van der Waals surface area (Å²) < 4.78 is 5.51. The van der Waals surface area contributed by atoms with E-state index >= 15 is 0 Å². The van der Waals surface area contributed by atoms with E-state index in [2.05, 4.69) is 31.0 Å². The van der Waals surface area contributed by atoms with Gasteiger partial charge < -0.3 is 15.4 Å². The molecule has 0 radical (unpaired) electrons. The Morgan fingerprint density at radius 2 is 2.12 bits per heavy atom. The molecule has 0 bridgehead atoms. The third-order valence-corrected chi connectivity index (χ3v) is 2.46. The van der Waals surface area contributed by atoms with Gasteiger partial charge in [0.15, 0.2) is 0 Å². The lowest BCUT2D eigenvalue weighted by Crippen LogP contribution is -2.32. The Kier molecular flexibility index (Phi) is 4.62. The van der Waals surface area contributed by atoms with Crippen molar-refractivity contribution >= 4 is 5.69 Å². The van der Waals surface area contributed by atoms with Gasteiger partial charge in [-0.25, -0.2) is 0 Å². The average molecular weight is 222 g/mol. The van der Waals surface area contributed by atoms with Crippen LogP contribution in [0.15, 0.2) is 18.2 Å². The van der Waals surface area contributed by atoms with Gasteiger partial charge in [-0.3, -0.25) is 0 Å². The molecule has 0 aromatic heterocycles. The maximum atomic E-state index is 5.78. The summed E-state index contributed by atoms with van der Waals surface area (Å²) in [6.07, 6.45) is 0. The molecular weight excluding hydrogens is 200 g/mol. The van der Waals surface area contributed by atoms with Crippen molar-refractivity contribution in [3.8, 4) is 5.75 Å². The number of hydrogen-bond acceptors (Lipinski definition) is 3. The van der Waals surface area contributed by atoms with Crippen LogP contribution in [0.3, 0.4) is 0 Å². The van der Waals surface area contributed by atoms with E-state index in [9.17, 15) is 0 Å². The van der Waals surface area contributed by atoms with Crippen LogP contribution in [0.2, 0.25) is 0 Å². The second-order valence-electron chi connectivity index (χ2n) is 4.24. The van der Waals surface area contributed by atoms with Gasteiger partial charge in [0.05, 0.1) is 6.61 Å². The topological polar surface area (TPSA) is 38.5 Å². The standard InChI is InChI=1S/C13H22N2O/c1-5-16-13-7-6-12(8-10(13)2)15(4)9-11(3)14/h6-8,11H,5,9,14H2,1-4H3. The van der Waals surface area contributed by atoms with Gasteiger partial charge in [0.25, 0.3) is 0 Å². The maximum Gasteiger partial charge on any atom is 0.122 e. The van der Waals surface area contributed by atoms with Gasteiger partial charge in [-0.1, -0.05) is 0 Å². The van der Waals surface area contributed by atoms with Crippen molar-refractivity contribution in [1.29, 1.82) is 0 Å². The molecule has 2 N–H and O–H groups in total. The molecule has 0 saturated heterocycles. The second-order valence-corrected chi connectivity index (χ2v) is 4.24. The first-order valence-electron chi connectivity index (χ1n) is 5.74. The summed E-state index contributed by atoms with van der Waals surface area (Å²) in [5.74, 6) is 0.959. The van der Waals surface area contributed by atoms with E-state index in [1.807, 2.05) is 19.9 Å². The van der Waals surface area contributed by atoms with Crippen LogP contribution in [-0.4, -0.2) is 26.2 Å². The molecule has 0 fully saturated rings. The molecule has 1 atom stereocenters. The highest BCUT2D eigenvalue weighted by Gasteiger charge is 2.06. The van der Waals surface area contributed by atoms with E-state index in [0.717, 1.165) is 17.9 Å². The largest absolute Gasteiger partial charge is 0.494 e. The Labute approximate surface area is 98.2 Å². The zero-order valence-corrected chi connectivity index (χ0v) is 10.7. The molecule has 16 heavy (non-hydrogen) atoms. The fourth-order valence-electron chi connectivity index (χ4n) is 1.73. The number of aryl methyl sites for hydroxylation is 1. The third kappa shape index (κ3) is 3.42. The molecule has 1 aromatic rings. The van der Waals surface area contributed by atoms with Crippen LogP contribution >= 0.6 is 0 Å². The van der Waals surface area contributed by atoms with E-state index in [4.69, 9.17) is 10.5 Å². The lowest BCUT2D eigenvalue weighted by molar-refractivity contribution is 0.338. The van der Waals surface area contributed by atoms with Crippen molar-refractivity contribution in [2.24, 2.45) is 5.73 Å². The molecule has 1 aromatic carbocycles. The molecular formula is C13H22N2O. The number of ether oxygens (including phenoxy) is 1. The molecule has 0 saturated carbocycles. The summed E-state index contributed by atoms with van der Waals surface area (Å²) in [6, 6.07) is 6.40. The summed E-state index contributed by atoms with van der Waals surface area (Å²) in [4.78, 5) is 2.16. The summed E-state index contributed by atoms with van der Waals surface area (Å²) in [6.45, 7) is 7.63. The Morgan fingerprint density at radius 3 is 2.62 bits per heavy atom. The van der Waals surface area contributed by atoms with Gasteiger partial charge in [-0.05, 0) is 44.5 Å². The first kappa shape index (κ1) is 12.8. The number of hydrogen-bond donors (Lipinski definition) is 1. The van der Waals surface area contributed by atoms with Gasteiger partial charge in [-0.2, -0.15) is 0 Å². The minimum atomic E-state index is 0.178. The lowest BCUT2D eigenvalue weighted by atomic mass is 10.2. The van der Waals surface area contributed by atoms with E-state index in [-0.39, 0.29) is 6.04 Å². The summed E-state index contributed by atoms with van der Waals surface area (Å²) in [5, 5.41) is 0. The molecule has 1 unspecified atom stereocenters. The molecule has 0 aliphatic heterocycles. The Morgan fingerprint density at radius 1 is 1.44 bits per heavy atom. The molecule has 0 amide bonds. The zero-order chi connectivity index (χ0) is 12.1. The maximum absolute atomic E-state index is 5.78. The highest BCUT2D eigenvalue weighted by molar-refractivity contribution is 5.52. The van der Waals surface area contributed by atoms with Gasteiger partial charge in [0, 0.05) is 25.3 Å². The van der Waals surface area contributed by atoms with Crippen LogP contribution in [0.5, 0.6) is 5.75 Å². The monoisotopic (exact) mass is 222 g/mol. The van der Waals surface area contributed by atoms with Crippen molar-refractivity contribution < 1.29 is 4.74 Å². The first-order valence-corrected chi connectivity index (χ1v) is 5.74. The van der Waals surface area contributed by atoms with Crippen molar-refractivity contribution in [2.75, 3.05) is 25.1 Å². The van der Waals surface area contributed by atoms with Gasteiger partial charge in [0.1, 0.15) is 5.75 Å². The van der Waals surface area contributed by atoms with Gasteiger partial charge >= 0.3 is 0 Å². The summed E-state index contributed by atoms with van der Waals surface area (Å²) in [7, 11) is 2.05. The van der Waals surface area contributed by atoms with Crippen LogP contribution < -0.4 is 15.4 Å². The molecule has 3 heteroatoms. The fraction of sp³-hybridized carbons (Fsp3) is 0.538. The first-order chi connectivity index (χ1) is 7.54. The lowest BCUT2D eigenvalue weighted by Gasteiger charge is -2.22. The van der Waals surface area contributed by atoms with E-state index in [1.54, 1.807) is 0 Å². The van der Waals surface area contributed by atoms with Crippen LogP contribution in [0, 0.1) is 6.92 Å². The quantitative estimate of drug-likeness (QED) is 0.830. The Balaban J connectivity index is 2.79. The van der Waals surface area contributed by atoms with Crippen molar-refractivity contribution in [3.05, 3.63) is 23.8 Å². The van der Waals surface area contributed by atoms with Crippen LogP contribution in [-0.2, 0) is 0 Å². The molecule has 0 aliphatic carbocycles. The predicted molar refractivity (Wildman–Crippen MR) is 69.3 cm³/mol. The normalized spacial score (nSPS) is 12.3. The predicted octanol–water partition coefficient (Wildman–Crippen LogP) is 2.18. The van der Waals surface area contributed by atoms with E-state index in [0.29, 0.717) is 6.61 Å². The Bertz CT molecular complexity index is 337.